The summed E-state index contributed by atoms with van der Waals surface area (Å²) in [6.45, 7) is 6.74. The fraction of sp³-hybridized carbons (Fsp3) is 0.588. The lowest BCUT2D eigenvalue weighted by Crippen LogP contribution is -2.41. The van der Waals surface area contributed by atoms with E-state index in [4.69, 9.17) is 21.1 Å². The summed E-state index contributed by atoms with van der Waals surface area (Å²) in [4.78, 5) is 13.8. The van der Waals surface area contributed by atoms with Crippen molar-refractivity contribution in [1.82, 2.24) is 4.90 Å². The molecule has 0 atom stereocenters. The number of methoxy groups -OCH3 is 1. The summed E-state index contributed by atoms with van der Waals surface area (Å²) in [6.07, 6.45) is 1.23. The summed E-state index contributed by atoms with van der Waals surface area (Å²) in [5.41, 5.74) is 0.393. The maximum absolute atomic E-state index is 13.6. The van der Waals surface area contributed by atoms with Gasteiger partial charge in [0.1, 0.15) is 17.2 Å². The summed E-state index contributed by atoms with van der Waals surface area (Å²) in [5, 5.41) is 0.0929. The third-order valence-electron chi connectivity index (χ3n) is 3.86. The zero-order valence-electron chi connectivity index (χ0n) is 14.0. The lowest BCUT2D eigenvalue weighted by molar-refractivity contribution is 0.0204. The number of likely N-dealkylation sites (tertiary alicyclic amines) is 1. The van der Waals surface area contributed by atoms with Gasteiger partial charge in [0.05, 0.1) is 12.1 Å². The Kier molecular flexibility index (Phi) is 5.40. The van der Waals surface area contributed by atoms with Crippen LogP contribution in [0.15, 0.2) is 12.1 Å². The Bertz CT molecular complexity index is 578. The van der Waals surface area contributed by atoms with E-state index in [1.54, 1.807) is 11.0 Å². The van der Waals surface area contributed by atoms with Crippen molar-refractivity contribution in [2.45, 2.75) is 45.1 Å². The highest BCUT2D eigenvalue weighted by Gasteiger charge is 2.29. The Balaban J connectivity index is 2.05. The number of halogens is 2. The van der Waals surface area contributed by atoms with Crippen LogP contribution < -0.4 is 4.74 Å². The average molecular weight is 344 g/mol. The van der Waals surface area contributed by atoms with Crippen LogP contribution in [0.1, 0.15) is 45.1 Å². The average Bonchev–Trinajstić information content (AvgIpc) is 2.48. The number of amides is 1. The highest BCUT2D eigenvalue weighted by Crippen LogP contribution is 2.37. The fourth-order valence-electron chi connectivity index (χ4n) is 2.74. The lowest BCUT2D eigenvalue weighted by atomic mass is 9.89. The second-order valence-electron chi connectivity index (χ2n) is 6.75. The van der Waals surface area contributed by atoms with Crippen LogP contribution in [0, 0.1) is 5.82 Å². The summed E-state index contributed by atoms with van der Waals surface area (Å²) in [7, 11) is 1.52. The van der Waals surface area contributed by atoms with E-state index >= 15 is 0 Å². The molecule has 0 radical (unpaired) electrons. The molecular weight excluding hydrogens is 321 g/mol. The second-order valence-corrected chi connectivity index (χ2v) is 7.16. The van der Waals surface area contributed by atoms with Gasteiger partial charge in [-0.15, -0.1) is 0 Å². The van der Waals surface area contributed by atoms with Gasteiger partial charge in [-0.2, -0.15) is 0 Å². The molecule has 1 aliphatic heterocycles. The summed E-state index contributed by atoms with van der Waals surface area (Å²) < 4.78 is 24.2. The quantitative estimate of drug-likeness (QED) is 0.787. The second kappa shape index (κ2) is 6.95. The normalized spacial score (nSPS) is 16.3. The Morgan fingerprint density at radius 3 is 2.43 bits per heavy atom. The Hall–Kier alpha value is -1.49. The molecule has 1 fully saturated rings. The molecule has 1 aliphatic rings. The van der Waals surface area contributed by atoms with Gasteiger partial charge >= 0.3 is 6.09 Å². The third-order valence-corrected chi connectivity index (χ3v) is 4.15. The molecule has 23 heavy (non-hydrogen) atoms. The number of rotatable bonds is 2. The maximum Gasteiger partial charge on any atom is 0.410 e. The van der Waals surface area contributed by atoms with E-state index < -0.39 is 11.4 Å². The largest absolute Gasteiger partial charge is 0.496 e. The Labute approximate surface area is 141 Å². The van der Waals surface area contributed by atoms with Gasteiger partial charge in [-0.3, -0.25) is 0 Å². The van der Waals surface area contributed by atoms with Crippen molar-refractivity contribution < 1.29 is 18.7 Å². The molecule has 1 saturated heterocycles. The van der Waals surface area contributed by atoms with E-state index in [-0.39, 0.29) is 17.0 Å². The highest BCUT2D eigenvalue weighted by molar-refractivity contribution is 6.30. The predicted octanol–water partition coefficient (Wildman–Crippen LogP) is 4.60. The molecule has 0 N–H and O–H groups in total. The van der Waals surface area contributed by atoms with Crippen LogP contribution in [0.25, 0.3) is 0 Å². The van der Waals surface area contributed by atoms with Gasteiger partial charge in [0.15, 0.2) is 0 Å². The van der Waals surface area contributed by atoms with E-state index in [1.165, 1.54) is 13.2 Å². The van der Waals surface area contributed by atoms with Crippen molar-refractivity contribution in [3.05, 3.63) is 28.5 Å². The Morgan fingerprint density at radius 2 is 1.91 bits per heavy atom. The molecule has 1 amide bonds. The van der Waals surface area contributed by atoms with E-state index in [0.717, 1.165) is 18.4 Å². The monoisotopic (exact) mass is 343 g/mol. The van der Waals surface area contributed by atoms with E-state index in [2.05, 4.69) is 0 Å². The molecule has 0 unspecified atom stereocenters. The molecule has 128 valence electrons. The van der Waals surface area contributed by atoms with Gasteiger partial charge in [0.2, 0.25) is 0 Å². The molecule has 0 aliphatic carbocycles. The van der Waals surface area contributed by atoms with Gasteiger partial charge in [-0.25, -0.2) is 9.18 Å². The van der Waals surface area contributed by atoms with E-state index in [9.17, 15) is 9.18 Å². The van der Waals surface area contributed by atoms with Crippen LogP contribution in [0.2, 0.25) is 5.02 Å². The fourth-order valence-corrected chi connectivity index (χ4v) is 2.91. The first-order chi connectivity index (χ1) is 10.7. The summed E-state index contributed by atoms with van der Waals surface area (Å²) >= 11 is 5.90. The molecule has 0 spiro atoms. The number of hydrogen-bond acceptors (Lipinski definition) is 3. The van der Waals surface area contributed by atoms with Crippen LogP contribution in [0.5, 0.6) is 5.75 Å². The van der Waals surface area contributed by atoms with Crippen LogP contribution in [0.3, 0.4) is 0 Å². The Morgan fingerprint density at radius 1 is 1.30 bits per heavy atom. The van der Waals surface area contributed by atoms with Gasteiger partial charge in [0, 0.05) is 19.2 Å². The van der Waals surface area contributed by atoms with Gasteiger partial charge in [-0.05, 0) is 51.2 Å². The van der Waals surface area contributed by atoms with Crippen LogP contribution in [-0.4, -0.2) is 36.8 Å². The van der Waals surface area contributed by atoms with Crippen molar-refractivity contribution in [3.63, 3.8) is 0 Å². The smallest absolute Gasteiger partial charge is 0.410 e. The zero-order valence-corrected chi connectivity index (χ0v) is 14.7. The number of carbonyl (C=O) groups is 1. The number of carbonyl (C=O) groups excluding carboxylic acids is 1. The minimum absolute atomic E-state index is 0.0929. The van der Waals surface area contributed by atoms with Crippen LogP contribution in [-0.2, 0) is 4.74 Å². The van der Waals surface area contributed by atoms with E-state index in [1.807, 2.05) is 20.8 Å². The number of nitrogens with zero attached hydrogens (tertiary/aromatic N) is 1. The summed E-state index contributed by atoms with van der Waals surface area (Å²) in [6, 6.07) is 2.95. The molecule has 1 aromatic rings. The van der Waals surface area contributed by atoms with Gasteiger partial charge in [-0.1, -0.05) is 11.6 Å². The topological polar surface area (TPSA) is 38.8 Å². The lowest BCUT2D eigenvalue weighted by Gasteiger charge is -2.34. The van der Waals surface area contributed by atoms with Gasteiger partial charge in [0.25, 0.3) is 0 Å². The van der Waals surface area contributed by atoms with Crippen molar-refractivity contribution in [2.75, 3.05) is 20.2 Å². The molecule has 0 aromatic heterocycles. The SMILES string of the molecule is COc1cc(F)c(Cl)cc1C1CCN(C(=O)OC(C)(C)C)CC1. The first-order valence-electron chi connectivity index (χ1n) is 7.72. The molecule has 1 heterocycles. The number of hydrogen-bond donors (Lipinski definition) is 0. The predicted molar refractivity (Wildman–Crippen MR) is 87.7 cm³/mol. The minimum Gasteiger partial charge on any atom is -0.496 e. The van der Waals surface area contributed by atoms with Crippen LogP contribution in [0.4, 0.5) is 9.18 Å². The first kappa shape index (κ1) is 17.9. The molecule has 2 rings (SSSR count). The van der Waals surface area contributed by atoms with Crippen molar-refractivity contribution >= 4 is 17.7 Å². The zero-order chi connectivity index (χ0) is 17.2. The first-order valence-corrected chi connectivity index (χ1v) is 8.10. The van der Waals surface area contributed by atoms with Crippen molar-refractivity contribution in [1.29, 1.82) is 0 Å². The van der Waals surface area contributed by atoms with Crippen molar-refractivity contribution in [2.24, 2.45) is 0 Å². The van der Waals surface area contributed by atoms with Crippen molar-refractivity contribution in [3.8, 4) is 5.75 Å². The van der Waals surface area contributed by atoms with Gasteiger partial charge < -0.3 is 14.4 Å². The molecule has 0 bridgehead atoms. The molecule has 4 nitrogen and oxygen atoms in total. The highest BCUT2D eigenvalue weighted by atomic mass is 35.5. The number of piperidine rings is 1. The standard InChI is InChI=1S/C17H23ClFNO3/c1-17(2,3)23-16(21)20-7-5-11(6-8-20)12-9-13(18)14(19)10-15(12)22-4/h9-11H,5-8H2,1-4H3. The molecule has 1 aromatic carbocycles. The molecule has 6 heteroatoms. The van der Waals surface area contributed by atoms with E-state index in [0.29, 0.717) is 18.8 Å². The molecule has 0 saturated carbocycles. The van der Waals surface area contributed by atoms with Crippen LogP contribution >= 0.6 is 11.6 Å². The number of ether oxygens (including phenoxy) is 2. The summed E-state index contributed by atoms with van der Waals surface area (Å²) in [5.74, 6) is 0.197. The minimum atomic E-state index is -0.498. The third kappa shape index (κ3) is 4.50. The molecular formula is C17H23ClFNO3. The number of benzene rings is 1. The maximum atomic E-state index is 13.6.